The first-order valence-electron chi connectivity index (χ1n) is 9.07. The number of aromatic nitrogens is 2. The molecule has 1 unspecified atom stereocenters. The Morgan fingerprint density at radius 1 is 1.14 bits per heavy atom. The van der Waals surface area contributed by atoms with Crippen LogP contribution in [0.3, 0.4) is 0 Å². The molecule has 4 aromatic rings. The summed E-state index contributed by atoms with van der Waals surface area (Å²) < 4.78 is 5.22. The van der Waals surface area contributed by atoms with Crippen LogP contribution in [0.2, 0.25) is 0 Å². The van der Waals surface area contributed by atoms with E-state index in [1.54, 1.807) is 7.11 Å². The van der Waals surface area contributed by atoms with E-state index in [9.17, 15) is 4.79 Å². The van der Waals surface area contributed by atoms with Gasteiger partial charge in [-0.05, 0) is 41.5 Å². The molecule has 4 rings (SSSR count). The average molecular weight is 391 g/mol. The summed E-state index contributed by atoms with van der Waals surface area (Å²) in [6, 6.07) is 20.1. The summed E-state index contributed by atoms with van der Waals surface area (Å²) in [6.45, 7) is 2.00. The Hall–Kier alpha value is -2.99. The molecule has 28 heavy (non-hydrogen) atoms. The molecule has 1 aromatic heterocycles. The van der Waals surface area contributed by atoms with Crippen LogP contribution >= 0.6 is 11.8 Å². The number of aromatic amines is 1. The molecule has 0 aliphatic heterocycles. The highest BCUT2D eigenvalue weighted by molar-refractivity contribution is 7.99. The molecule has 0 bridgehead atoms. The third-order valence-electron chi connectivity index (χ3n) is 4.66. The van der Waals surface area contributed by atoms with Gasteiger partial charge in [-0.25, -0.2) is 4.98 Å². The number of benzene rings is 3. The number of fused-ring (bicyclic) bond motifs is 2. The van der Waals surface area contributed by atoms with Crippen molar-refractivity contribution in [2.45, 2.75) is 18.1 Å². The van der Waals surface area contributed by atoms with E-state index >= 15 is 0 Å². The van der Waals surface area contributed by atoms with Crippen LogP contribution in [0.4, 0.5) is 0 Å². The molecule has 3 aromatic carbocycles. The van der Waals surface area contributed by atoms with Crippen molar-refractivity contribution in [3.8, 4) is 5.75 Å². The first kappa shape index (κ1) is 18.4. The van der Waals surface area contributed by atoms with Crippen LogP contribution in [0.1, 0.15) is 18.5 Å². The van der Waals surface area contributed by atoms with Crippen LogP contribution in [-0.2, 0) is 4.79 Å². The summed E-state index contributed by atoms with van der Waals surface area (Å²) in [4.78, 5) is 20.1. The number of nitrogens with zero attached hydrogens (tertiary/aromatic N) is 1. The maximum atomic E-state index is 12.4. The normalized spacial score (nSPS) is 12.2. The Labute approximate surface area is 167 Å². The molecule has 0 aliphatic carbocycles. The van der Waals surface area contributed by atoms with Gasteiger partial charge in [0.2, 0.25) is 5.91 Å². The number of imidazole rings is 1. The third-order valence-corrected chi connectivity index (χ3v) is 5.53. The minimum atomic E-state index is -0.0577. The summed E-state index contributed by atoms with van der Waals surface area (Å²) in [6.07, 6.45) is 0. The molecule has 2 N–H and O–H groups in total. The Bertz CT molecular complexity index is 1140. The SMILES string of the molecule is COc1ccc2nc(SCC(=O)NC(C)c3ccc4ccccc4c3)[nH]c2c1. The molecule has 0 aliphatic rings. The van der Waals surface area contributed by atoms with Gasteiger partial charge in [-0.1, -0.05) is 48.2 Å². The van der Waals surface area contributed by atoms with Crippen LogP contribution in [0, 0.1) is 0 Å². The van der Waals surface area contributed by atoms with Gasteiger partial charge in [0.15, 0.2) is 5.16 Å². The lowest BCUT2D eigenvalue weighted by Gasteiger charge is -2.14. The van der Waals surface area contributed by atoms with Crippen molar-refractivity contribution in [1.29, 1.82) is 0 Å². The van der Waals surface area contributed by atoms with E-state index in [1.807, 2.05) is 37.3 Å². The molecule has 0 saturated carbocycles. The number of hydrogen-bond donors (Lipinski definition) is 2. The first-order valence-corrected chi connectivity index (χ1v) is 10.1. The number of hydrogen-bond acceptors (Lipinski definition) is 4. The Balaban J connectivity index is 1.38. The molecule has 0 saturated heterocycles. The van der Waals surface area contributed by atoms with E-state index in [0.717, 1.165) is 27.5 Å². The van der Waals surface area contributed by atoms with Crippen LogP contribution < -0.4 is 10.1 Å². The number of H-pyrrole nitrogens is 1. The summed E-state index contributed by atoms with van der Waals surface area (Å²) >= 11 is 1.39. The average Bonchev–Trinajstić information content (AvgIpc) is 3.14. The number of thioether (sulfide) groups is 1. The van der Waals surface area contributed by atoms with Crippen molar-refractivity contribution >= 4 is 39.5 Å². The predicted octanol–water partition coefficient (Wildman–Crippen LogP) is 4.69. The van der Waals surface area contributed by atoms with Crippen molar-refractivity contribution < 1.29 is 9.53 Å². The minimum Gasteiger partial charge on any atom is -0.497 e. The third kappa shape index (κ3) is 3.97. The lowest BCUT2D eigenvalue weighted by molar-refractivity contribution is -0.119. The lowest BCUT2D eigenvalue weighted by atomic mass is 10.0. The monoisotopic (exact) mass is 391 g/mol. The van der Waals surface area contributed by atoms with Crippen LogP contribution in [0.15, 0.2) is 65.8 Å². The van der Waals surface area contributed by atoms with Gasteiger partial charge < -0.3 is 15.0 Å². The highest BCUT2D eigenvalue weighted by Gasteiger charge is 2.12. The molecule has 1 heterocycles. The van der Waals surface area contributed by atoms with E-state index in [-0.39, 0.29) is 11.9 Å². The molecule has 1 atom stereocenters. The quantitative estimate of drug-likeness (QED) is 0.468. The second-order valence-corrected chi connectivity index (χ2v) is 7.57. The van der Waals surface area contributed by atoms with E-state index in [1.165, 1.54) is 22.5 Å². The van der Waals surface area contributed by atoms with Gasteiger partial charge in [-0.3, -0.25) is 4.79 Å². The van der Waals surface area contributed by atoms with Crippen molar-refractivity contribution in [2.24, 2.45) is 0 Å². The smallest absolute Gasteiger partial charge is 0.230 e. The minimum absolute atomic E-state index is 0.0244. The Kier molecular flexibility index (Phi) is 5.21. The topological polar surface area (TPSA) is 67.0 Å². The number of nitrogens with one attached hydrogen (secondary N) is 2. The van der Waals surface area contributed by atoms with Gasteiger partial charge in [0, 0.05) is 6.07 Å². The standard InChI is InChI=1S/C22H21N3O2S/c1-14(16-8-7-15-5-3-4-6-17(15)11-16)23-21(26)13-28-22-24-19-10-9-18(27-2)12-20(19)25-22/h3-12,14H,13H2,1-2H3,(H,23,26)(H,24,25). The largest absolute Gasteiger partial charge is 0.497 e. The zero-order chi connectivity index (χ0) is 19.5. The summed E-state index contributed by atoms with van der Waals surface area (Å²) in [5.41, 5.74) is 2.84. The highest BCUT2D eigenvalue weighted by atomic mass is 32.2. The van der Waals surface area contributed by atoms with Gasteiger partial charge in [-0.15, -0.1) is 0 Å². The second kappa shape index (κ2) is 7.94. The molecule has 1 amide bonds. The first-order chi connectivity index (χ1) is 13.6. The van der Waals surface area contributed by atoms with Crippen LogP contribution in [-0.4, -0.2) is 28.7 Å². The molecule has 0 spiro atoms. The predicted molar refractivity (Wildman–Crippen MR) is 114 cm³/mol. The number of ether oxygens (including phenoxy) is 1. The van der Waals surface area contributed by atoms with Crippen molar-refractivity contribution in [2.75, 3.05) is 12.9 Å². The summed E-state index contributed by atoms with van der Waals surface area (Å²) in [7, 11) is 1.63. The number of rotatable bonds is 6. The van der Waals surface area contributed by atoms with Gasteiger partial charge in [0.25, 0.3) is 0 Å². The second-order valence-electron chi connectivity index (χ2n) is 6.61. The van der Waals surface area contributed by atoms with Crippen molar-refractivity contribution in [1.82, 2.24) is 15.3 Å². The van der Waals surface area contributed by atoms with E-state index in [0.29, 0.717) is 5.75 Å². The molecular formula is C22H21N3O2S. The molecule has 0 radical (unpaired) electrons. The number of carbonyl (C=O) groups is 1. The maximum Gasteiger partial charge on any atom is 0.230 e. The highest BCUT2D eigenvalue weighted by Crippen LogP contribution is 2.24. The Morgan fingerprint density at radius 3 is 2.79 bits per heavy atom. The van der Waals surface area contributed by atoms with E-state index in [2.05, 4.69) is 45.6 Å². The van der Waals surface area contributed by atoms with Crippen molar-refractivity contribution in [3.05, 3.63) is 66.2 Å². The van der Waals surface area contributed by atoms with Crippen LogP contribution in [0.5, 0.6) is 5.75 Å². The fraction of sp³-hybridized carbons (Fsp3) is 0.182. The summed E-state index contributed by atoms with van der Waals surface area (Å²) in [5.74, 6) is 1.05. The number of methoxy groups -OCH3 is 1. The molecule has 0 fully saturated rings. The van der Waals surface area contributed by atoms with E-state index in [4.69, 9.17) is 4.74 Å². The lowest BCUT2D eigenvalue weighted by Crippen LogP contribution is -2.28. The van der Waals surface area contributed by atoms with E-state index < -0.39 is 0 Å². The maximum absolute atomic E-state index is 12.4. The number of amides is 1. The van der Waals surface area contributed by atoms with Gasteiger partial charge in [0.1, 0.15) is 5.75 Å². The zero-order valence-electron chi connectivity index (χ0n) is 15.7. The van der Waals surface area contributed by atoms with Gasteiger partial charge in [-0.2, -0.15) is 0 Å². The van der Waals surface area contributed by atoms with Gasteiger partial charge >= 0.3 is 0 Å². The fourth-order valence-electron chi connectivity index (χ4n) is 3.14. The fourth-order valence-corrected chi connectivity index (χ4v) is 3.83. The van der Waals surface area contributed by atoms with Crippen molar-refractivity contribution in [3.63, 3.8) is 0 Å². The number of carbonyl (C=O) groups excluding carboxylic acids is 1. The molecule has 6 heteroatoms. The molecular weight excluding hydrogens is 370 g/mol. The van der Waals surface area contributed by atoms with Gasteiger partial charge in [0.05, 0.1) is 29.9 Å². The summed E-state index contributed by atoms with van der Waals surface area (Å²) in [5, 5.41) is 6.15. The molecule has 142 valence electrons. The molecule has 5 nitrogen and oxygen atoms in total. The zero-order valence-corrected chi connectivity index (χ0v) is 16.5. The Morgan fingerprint density at radius 2 is 1.96 bits per heavy atom. The van der Waals surface area contributed by atoms with Crippen LogP contribution in [0.25, 0.3) is 21.8 Å².